The average Bonchev–Trinajstić information content (AvgIpc) is 2.80. The number of nitrogens with one attached hydrogen (secondary N) is 1. The van der Waals surface area contributed by atoms with Crippen molar-refractivity contribution >= 4 is 0 Å². The molecule has 1 fully saturated rings. The standard InChI is InChI=1S/C14H29NO2/c1-12(2)6-4-9-16-11-8-15-13(3)14-7-5-10-17-14/h12-15H,4-11H2,1-3H3. The van der Waals surface area contributed by atoms with Gasteiger partial charge in [-0.3, -0.25) is 0 Å². The van der Waals surface area contributed by atoms with Crippen LogP contribution in [-0.2, 0) is 9.47 Å². The molecule has 102 valence electrons. The van der Waals surface area contributed by atoms with Crippen LogP contribution in [0.4, 0.5) is 0 Å². The van der Waals surface area contributed by atoms with E-state index < -0.39 is 0 Å². The number of hydrogen-bond acceptors (Lipinski definition) is 3. The first-order valence-corrected chi connectivity index (χ1v) is 7.13. The third-order valence-corrected chi connectivity index (χ3v) is 3.31. The summed E-state index contributed by atoms with van der Waals surface area (Å²) in [6, 6.07) is 0.455. The van der Waals surface area contributed by atoms with Crippen LogP contribution in [0.5, 0.6) is 0 Å². The van der Waals surface area contributed by atoms with Crippen LogP contribution in [0.2, 0.25) is 0 Å². The van der Waals surface area contributed by atoms with Crippen molar-refractivity contribution in [2.75, 3.05) is 26.4 Å². The molecule has 1 aliphatic heterocycles. The molecule has 3 heteroatoms. The van der Waals surface area contributed by atoms with Crippen molar-refractivity contribution in [3.8, 4) is 0 Å². The van der Waals surface area contributed by atoms with Gasteiger partial charge in [-0.25, -0.2) is 0 Å². The van der Waals surface area contributed by atoms with Gasteiger partial charge in [0.05, 0.1) is 12.7 Å². The minimum absolute atomic E-state index is 0.413. The molecule has 1 rings (SSSR count). The summed E-state index contributed by atoms with van der Waals surface area (Å²) in [5, 5.41) is 3.47. The van der Waals surface area contributed by atoms with Crippen molar-refractivity contribution in [3.05, 3.63) is 0 Å². The Morgan fingerprint density at radius 2 is 2.12 bits per heavy atom. The summed E-state index contributed by atoms with van der Waals surface area (Å²) in [7, 11) is 0. The van der Waals surface area contributed by atoms with Crippen molar-refractivity contribution in [2.45, 2.75) is 58.6 Å². The molecule has 0 spiro atoms. The van der Waals surface area contributed by atoms with Crippen LogP contribution in [-0.4, -0.2) is 38.5 Å². The maximum absolute atomic E-state index is 5.63. The molecule has 0 aromatic carbocycles. The molecular formula is C14H29NO2. The lowest BCUT2D eigenvalue weighted by Crippen LogP contribution is -2.38. The van der Waals surface area contributed by atoms with Gasteiger partial charge in [0.1, 0.15) is 0 Å². The van der Waals surface area contributed by atoms with E-state index in [-0.39, 0.29) is 0 Å². The quantitative estimate of drug-likeness (QED) is 0.631. The Kier molecular flexibility index (Phi) is 7.82. The zero-order valence-electron chi connectivity index (χ0n) is 11.7. The maximum atomic E-state index is 5.63. The lowest BCUT2D eigenvalue weighted by atomic mass is 10.1. The van der Waals surface area contributed by atoms with Gasteiger partial charge in [-0.2, -0.15) is 0 Å². The molecule has 17 heavy (non-hydrogen) atoms. The SMILES string of the molecule is CC(C)CCCOCCNC(C)C1CCCO1. The van der Waals surface area contributed by atoms with E-state index in [2.05, 4.69) is 26.1 Å². The first kappa shape index (κ1) is 14.9. The zero-order chi connectivity index (χ0) is 12.5. The van der Waals surface area contributed by atoms with Gasteiger partial charge in [-0.1, -0.05) is 13.8 Å². The minimum atomic E-state index is 0.413. The van der Waals surface area contributed by atoms with E-state index >= 15 is 0 Å². The molecule has 0 aromatic heterocycles. The second-order valence-electron chi connectivity index (χ2n) is 5.44. The van der Waals surface area contributed by atoms with Gasteiger partial charge in [-0.05, 0) is 38.5 Å². The van der Waals surface area contributed by atoms with E-state index in [0.717, 1.165) is 32.3 Å². The summed E-state index contributed by atoms with van der Waals surface area (Å²) in [6.07, 6.45) is 5.26. The first-order valence-electron chi connectivity index (χ1n) is 7.13. The largest absolute Gasteiger partial charge is 0.380 e. The van der Waals surface area contributed by atoms with E-state index in [1.54, 1.807) is 0 Å². The fraction of sp³-hybridized carbons (Fsp3) is 1.00. The number of ether oxygens (including phenoxy) is 2. The Balaban J connectivity index is 1.86. The highest BCUT2D eigenvalue weighted by atomic mass is 16.5. The van der Waals surface area contributed by atoms with Crippen LogP contribution < -0.4 is 5.32 Å². The molecule has 0 aromatic rings. The second kappa shape index (κ2) is 8.90. The molecule has 2 unspecified atom stereocenters. The molecule has 0 bridgehead atoms. The smallest absolute Gasteiger partial charge is 0.0726 e. The molecule has 0 saturated carbocycles. The number of rotatable bonds is 9. The Bertz CT molecular complexity index is 179. The molecule has 0 amide bonds. The second-order valence-corrected chi connectivity index (χ2v) is 5.44. The lowest BCUT2D eigenvalue weighted by molar-refractivity contribution is 0.0764. The van der Waals surface area contributed by atoms with Crippen LogP contribution in [0.25, 0.3) is 0 Å². The van der Waals surface area contributed by atoms with Crippen LogP contribution in [0.3, 0.4) is 0 Å². The summed E-state index contributed by atoms with van der Waals surface area (Å²) in [5.74, 6) is 0.788. The summed E-state index contributed by atoms with van der Waals surface area (Å²) < 4.78 is 11.2. The molecule has 3 nitrogen and oxygen atoms in total. The van der Waals surface area contributed by atoms with E-state index in [9.17, 15) is 0 Å². The summed E-state index contributed by atoms with van der Waals surface area (Å²) in [4.78, 5) is 0. The summed E-state index contributed by atoms with van der Waals surface area (Å²) >= 11 is 0. The Morgan fingerprint density at radius 3 is 2.76 bits per heavy atom. The molecule has 1 aliphatic rings. The predicted molar refractivity (Wildman–Crippen MR) is 71.3 cm³/mol. The van der Waals surface area contributed by atoms with Gasteiger partial charge in [0.15, 0.2) is 0 Å². The van der Waals surface area contributed by atoms with Crippen molar-refractivity contribution in [3.63, 3.8) is 0 Å². The number of hydrogen-bond donors (Lipinski definition) is 1. The molecular weight excluding hydrogens is 214 g/mol. The predicted octanol–water partition coefficient (Wildman–Crippen LogP) is 2.60. The van der Waals surface area contributed by atoms with Crippen molar-refractivity contribution in [1.29, 1.82) is 0 Å². The lowest BCUT2D eigenvalue weighted by Gasteiger charge is -2.19. The Morgan fingerprint density at radius 1 is 1.29 bits per heavy atom. The van der Waals surface area contributed by atoms with Gasteiger partial charge in [0.25, 0.3) is 0 Å². The molecule has 1 heterocycles. The van der Waals surface area contributed by atoms with Crippen molar-refractivity contribution in [2.24, 2.45) is 5.92 Å². The van der Waals surface area contributed by atoms with Crippen LogP contribution in [0, 0.1) is 5.92 Å². The normalized spacial score (nSPS) is 22.2. The summed E-state index contributed by atoms with van der Waals surface area (Å²) in [6.45, 7) is 10.3. The van der Waals surface area contributed by atoms with Crippen LogP contribution in [0.15, 0.2) is 0 Å². The fourth-order valence-electron chi connectivity index (χ4n) is 2.18. The van der Waals surface area contributed by atoms with Gasteiger partial charge < -0.3 is 14.8 Å². The third kappa shape index (κ3) is 7.02. The Hall–Kier alpha value is -0.120. The first-order chi connectivity index (χ1) is 8.20. The van der Waals surface area contributed by atoms with Gasteiger partial charge in [-0.15, -0.1) is 0 Å². The fourth-order valence-corrected chi connectivity index (χ4v) is 2.18. The van der Waals surface area contributed by atoms with Crippen molar-refractivity contribution in [1.82, 2.24) is 5.32 Å². The average molecular weight is 243 g/mol. The topological polar surface area (TPSA) is 30.5 Å². The van der Waals surface area contributed by atoms with Crippen molar-refractivity contribution < 1.29 is 9.47 Å². The molecule has 0 radical (unpaired) electrons. The Labute approximate surface area is 106 Å². The molecule has 2 atom stereocenters. The summed E-state index contributed by atoms with van der Waals surface area (Å²) in [5.41, 5.74) is 0. The molecule has 1 N–H and O–H groups in total. The minimum Gasteiger partial charge on any atom is -0.380 e. The van der Waals surface area contributed by atoms with E-state index in [1.807, 2.05) is 0 Å². The van der Waals surface area contributed by atoms with E-state index in [1.165, 1.54) is 25.7 Å². The monoisotopic (exact) mass is 243 g/mol. The molecule has 0 aliphatic carbocycles. The van der Waals surface area contributed by atoms with E-state index in [4.69, 9.17) is 9.47 Å². The molecule has 1 saturated heterocycles. The van der Waals surface area contributed by atoms with Gasteiger partial charge in [0, 0.05) is 25.8 Å². The van der Waals surface area contributed by atoms with E-state index in [0.29, 0.717) is 12.1 Å². The van der Waals surface area contributed by atoms with Crippen LogP contribution in [0.1, 0.15) is 46.5 Å². The highest BCUT2D eigenvalue weighted by Gasteiger charge is 2.21. The van der Waals surface area contributed by atoms with Gasteiger partial charge >= 0.3 is 0 Å². The van der Waals surface area contributed by atoms with Crippen LogP contribution >= 0.6 is 0 Å². The van der Waals surface area contributed by atoms with Gasteiger partial charge in [0.2, 0.25) is 0 Å². The third-order valence-electron chi connectivity index (χ3n) is 3.31. The highest BCUT2D eigenvalue weighted by molar-refractivity contribution is 4.76. The highest BCUT2D eigenvalue weighted by Crippen LogP contribution is 2.15. The maximum Gasteiger partial charge on any atom is 0.0726 e. The zero-order valence-corrected chi connectivity index (χ0v) is 11.7.